The molecular formula is C22H18N4O3S. The normalized spacial score (nSPS) is 10.9. The number of hydrogen-bond donors (Lipinski definition) is 0. The van der Waals surface area contributed by atoms with Crippen LogP contribution in [-0.2, 0) is 6.54 Å². The van der Waals surface area contributed by atoms with E-state index in [9.17, 15) is 14.9 Å². The predicted octanol–water partition coefficient (Wildman–Crippen LogP) is 5.06. The second kappa shape index (κ2) is 8.00. The maximum atomic E-state index is 13.4. The molecule has 0 aliphatic heterocycles. The van der Waals surface area contributed by atoms with Crippen LogP contribution in [0.25, 0.3) is 10.2 Å². The molecule has 2 aromatic heterocycles. The van der Waals surface area contributed by atoms with E-state index in [4.69, 9.17) is 4.98 Å². The number of benzene rings is 2. The van der Waals surface area contributed by atoms with Gasteiger partial charge in [0, 0.05) is 30.1 Å². The molecule has 0 saturated heterocycles. The first-order valence-electron chi connectivity index (χ1n) is 9.25. The highest BCUT2D eigenvalue weighted by Gasteiger charge is 2.23. The largest absolute Gasteiger partial charge is 0.279 e. The molecule has 30 heavy (non-hydrogen) atoms. The van der Waals surface area contributed by atoms with Gasteiger partial charge in [-0.3, -0.25) is 24.8 Å². The third-order valence-electron chi connectivity index (χ3n) is 4.67. The molecule has 0 bridgehead atoms. The van der Waals surface area contributed by atoms with E-state index in [2.05, 4.69) is 11.1 Å². The van der Waals surface area contributed by atoms with Crippen LogP contribution in [-0.4, -0.2) is 20.8 Å². The van der Waals surface area contributed by atoms with Crippen LogP contribution in [0.15, 0.2) is 60.9 Å². The fraction of sp³-hybridized carbons (Fsp3) is 0.136. The van der Waals surface area contributed by atoms with E-state index in [1.807, 2.05) is 32.0 Å². The Bertz CT molecular complexity index is 1240. The van der Waals surface area contributed by atoms with Crippen molar-refractivity contribution in [2.24, 2.45) is 0 Å². The number of anilines is 1. The summed E-state index contributed by atoms with van der Waals surface area (Å²) < 4.78 is 1.03. The zero-order chi connectivity index (χ0) is 21.3. The first-order valence-corrected chi connectivity index (χ1v) is 10.1. The zero-order valence-corrected chi connectivity index (χ0v) is 17.2. The lowest BCUT2D eigenvalue weighted by Gasteiger charge is -2.20. The Morgan fingerprint density at radius 2 is 1.93 bits per heavy atom. The number of pyridine rings is 1. The average Bonchev–Trinajstić information content (AvgIpc) is 3.16. The molecule has 7 nitrogen and oxygen atoms in total. The van der Waals surface area contributed by atoms with Crippen molar-refractivity contribution in [2.45, 2.75) is 20.4 Å². The molecule has 0 radical (unpaired) electrons. The number of fused-ring (bicyclic) bond motifs is 1. The molecule has 2 aromatic carbocycles. The molecule has 2 heterocycles. The highest BCUT2D eigenvalue weighted by molar-refractivity contribution is 7.22. The lowest BCUT2D eigenvalue weighted by molar-refractivity contribution is -0.384. The minimum atomic E-state index is -0.486. The molecule has 8 heteroatoms. The second-order valence-electron chi connectivity index (χ2n) is 6.98. The van der Waals surface area contributed by atoms with Crippen molar-refractivity contribution in [3.8, 4) is 0 Å². The van der Waals surface area contributed by atoms with Gasteiger partial charge >= 0.3 is 0 Å². The van der Waals surface area contributed by atoms with Gasteiger partial charge < -0.3 is 0 Å². The number of carbonyl (C=O) groups is 1. The van der Waals surface area contributed by atoms with E-state index in [1.54, 1.807) is 17.3 Å². The molecule has 0 atom stereocenters. The molecule has 0 aliphatic rings. The quantitative estimate of drug-likeness (QED) is 0.334. The molecule has 0 N–H and O–H groups in total. The highest BCUT2D eigenvalue weighted by Crippen LogP contribution is 2.33. The molecular weight excluding hydrogens is 400 g/mol. The Kier molecular flexibility index (Phi) is 5.24. The summed E-state index contributed by atoms with van der Waals surface area (Å²) in [6, 6.07) is 13.4. The minimum Gasteiger partial charge on any atom is -0.279 e. The Morgan fingerprint density at radius 3 is 2.60 bits per heavy atom. The molecule has 0 unspecified atom stereocenters. The second-order valence-corrected chi connectivity index (χ2v) is 7.96. The number of nitro benzene ring substituents is 1. The van der Waals surface area contributed by atoms with E-state index in [0.717, 1.165) is 26.9 Å². The van der Waals surface area contributed by atoms with Crippen molar-refractivity contribution in [1.29, 1.82) is 0 Å². The number of aryl methyl sites for hydroxylation is 2. The number of aromatic nitrogens is 2. The summed E-state index contributed by atoms with van der Waals surface area (Å²) >= 11 is 1.46. The van der Waals surface area contributed by atoms with Gasteiger partial charge in [-0.15, -0.1) is 0 Å². The Labute approximate surface area is 176 Å². The number of nitrogens with zero attached hydrogens (tertiary/aromatic N) is 4. The van der Waals surface area contributed by atoms with Crippen LogP contribution in [0.2, 0.25) is 0 Å². The molecule has 4 aromatic rings. The van der Waals surface area contributed by atoms with Crippen LogP contribution < -0.4 is 4.90 Å². The highest BCUT2D eigenvalue weighted by atomic mass is 32.1. The van der Waals surface area contributed by atoms with Crippen LogP contribution in [0, 0.1) is 24.0 Å². The van der Waals surface area contributed by atoms with Gasteiger partial charge in [-0.1, -0.05) is 23.5 Å². The fourth-order valence-electron chi connectivity index (χ4n) is 3.26. The number of amides is 1. The summed E-state index contributed by atoms with van der Waals surface area (Å²) in [6.45, 7) is 4.34. The van der Waals surface area contributed by atoms with Gasteiger partial charge in [-0.2, -0.15) is 0 Å². The van der Waals surface area contributed by atoms with Crippen molar-refractivity contribution in [3.05, 3.63) is 93.3 Å². The van der Waals surface area contributed by atoms with Crippen molar-refractivity contribution in [3.63, 3.8) is 0 Å². The fourth-order valence-corrected chi connectivity index (χ4v) is 4.28. The zero-order valence-electron chi connectivity index (χ0n) is 16.4. The summed E-state index contributed by atoms with van der Waals surface area (Å²) in [5, 5.41) is 11.5. The Morgan fingerprint density at radius 1 is 1.17 bits per heavy atom. The maximum Gasteiger partial charge on any atom is 0.269 e. The topological polar surface area (TPSA) is 89.2 Å². The SMILES string of the molecule is Cc1cc(C)c2sc(N(Cc3cccnc3)C(=O)c3ccc([N+](=O)[O-])cc3)nc2c1. The van der Waals surface area contributed by atoms with Gasteiger partial charge in [-0.25, -0.2) is 4.98 Å². The first kappa shape index (κ1) is 19.7. The van der Waals surface area contributed by atoms with Gasteiger partial charge in [0.25, 0.3) is 11.6 Å². The number of thiazole rings is 1. The van der Waals surface area contributed by atoms with Gasteiger partial charge in [0.05, 0.1) is 21.7 Å². The van der Waals surface area contributed by atoms with Gasteiger partial charge in [0.2, 0.25) is 0 Å². The molecule has 1 amide bonds. The molecule has 4 rings (SSSR count). The van der Waals surface area contributed by atoms with E-state index >= 15 is 0 Å². The van der Waals surface area contributed by atoms with E-state index in [0.29, 0.717) is 17.2 Å². The maximum absolute atomic E-state index is 13.4. The summed E-state index contributed by atoms with van der Waals surface area (Å²) in [5.74, 6) is -0.276. The van der Waals surface area contributed by atoms with Crippen LogP contribution in [0.4, 0.5) is 10.8 Å². The van der Waals surface area contributed by atoms with E-state index in [-0.39, 0.29) is 11.6 Å². The molecule has 0 saturated carbocycles. The number of carbonyl (C=O) groups excluding carboxylic acids is 1. The molecule has 150 valence electrons. The van der Waals surface area contributed by atoms with Crippen LogP contribution >= 0.6 is 11.3 Å². The standard InChI is InChI=1S/C22H18N4O3S/c1-14-10-15(2)20-19(11-14)24-22(30-20)25(13-16-4-3-9-23-12-16)21(27)17-5-7-18(8-6-17)26(28)29/h3-12H,13H2,1-2H3. The lowest BCUT2D eigenvalue weighted by atomic mass is 10.1. The first-order chi connectivity index (χ1) is 14.4. The number of nitro groups is 1. The Balaban J connectivity index is 1.77. The van der Waals surface area contributed by atoms with E-state index in [1.165, 1.54) is 35.6 Å². The third kappa shape index (κ3) is 3.90. The van der Waals surface area contributed by atoms with Gasteiger partial charge in [-0.05, 0) is 54.8 Å². The van der Waals surface area contributed by atoms with Crippen LogP contribution in [0.5, 0.6) is 0 Å². The number of non-ortho nitro benzene ring substituents is 1. The van der Waals surface area contributed by atoms with Gasteiger partial charge in [0.1, 0.15) is 0 Å². The molecule has 0 spiro atoms. The smallest absolute Gasteiger partial charge is 0.269 e. The minimum absolute atomic E-state index is 0.0588. The third-order valence-corrected chi connectivity index (χ3v) is 5.90. The van der Waals surface area contributed by atoms with Crippen molar-refractivity contribution in [1.82, 2.24) is 9.97 Å². The number of hydrogen-bond acceptors (Lipinski definition) is 6. The lowest BCUT2D eigenvalue weighted by Crippen LogP contribution is -2.30. The van der Waals surface area contributed by atoms with Crippen molar-refractivity contribution < 1.29 is 9.72 Å². The van der Waals surface area contributed by atoms with Crippen LogP contribution in [0.3, 0.4) is 0 Å². The summed E-state index contributed by atoms with van der Waals surface area (Å²) in [6.07, 6.45) is 3.38. The monoisotopic (exact) mass is 418 g/mol. The van der Waals surface area contributed by atoms with Gasteiger partial charge in [0.15, 0.2) is 5.13 Å². The average molecular weight is 418 g/mol. The number of rotatable bonds is 5. The van der Waals surface area contributed by atoms with Crippen LogP contribution in [0.1, 0.15) is 27.0 Å². The summed E-state index contributed by atoms with van der Waals surface area (Å²) in [7, 11) is 0. The summed E-state index contributed by atoms with van der Waals surface area (Å²) in [5.41, 5.74) is 4.23. The molecule has 0 aliphatic carbocycles. The van der Waals surface area contributed by atoms with Crippen molar-refractivity contribution in [2.75, 3.05) is 4.90 Å². The Hall–Kier alpha value is -3.65. The summed E-state index contributed by atoms with van der Waals surface area (Å²) in [4.78, 5) is 34.3. The molecule has 0 fully saturated rings. The van der Waals surface area contributed by atoms with Crippen molar-refractivity contribution >= 4 is 38.3 Å². The van der Waals surface area contributed by atoms with E-state index < -0.39 is 4.92 Å². The predicted molar refractivity (Wildman–Crippen MR) is 117 cm³/mol.